The van der Waals surface area contributed by atoms with Crippen molar-refractivity contribution in [1.82, 2.24) is 9.78 Å². The summed E-state index contributed by atoms with van der Waals surface area (Å²) in [4.78, 5) is 12.8. The summed E-state index contributed by atoms with van der Waals surface area (Å²) in [6.07, 6.45) is 0. The van der Waals surface area contributed by atoms with Gasteiger partial charge in [0.25, 0.3) is 0 Å². The highest BCUT2D eigenvalue weighted by molar-refractivity contribution is 9.11. The monoisotopic (exact) mass is 396 g/mol. The van der Waals surface area contributed by atoms with E-state index in [-0.39, 0.29) is 5.69 Å². The van der Waals surface area contributed by atoms with Crippen molar-refractivity contribution in [3.8, 4) is 16.3 Å². The molecule has 3 aromatic rings. The SMILES string of the molecule is COC(=O)c1cc(-c2ccc(Br)s2)n(-c2ccccc2Cl)n1. The summed E-state index contributed by atoms with van der Waals surface area (Å²) in [5.74, 6) is -0.484. The number of halogens is 2. The number of hydrogen-bond acceptors (Lipinski definition) is 4. The molecule has 0 aliphatic rings. The van der Waals surface area contributed by atoms with Crippen LogP contribution in [0.5, 0.6) is 0 Å². The van der Waals surface area contributed by atoms with Crippen LogP contribution in [0.1, 0.15) is 10.5 Å². The zero-order valence-electron chi connectivity index (χ0n) is 11.4. The van der Waals surface area contributed by atoms with Gasteiger partial charge in [-0.2, -0.15) is 5.10 Å². The molecule has 1 aromatic carbocycles. The van der Waals surface area contributed by atoms with Crippen LogP contribution >= 0.6 is 38.9 Å². The molecular formula is C15H10BrClN2O2S. The largest absolute Gasteiger partial charge is 0.464 e. The van der Waals surface area contributed by atoms with Crippen LogP contribution in [0.2, 0.25) is 5.02 Å². The Morgan fingerprint density at radius 2 is 2.09 bits per heavy atom. The third kappa shape index (κ3) is 2.82. The number of thiophene rings is 1. The molecule has 2 heterocycles. The predicted molar refractivity (Wildman–Crippen MR) is 90.9 cm³/mol. The average Bonchev–Trinajstić information content (AvgIpc) is 3.13. The molecule has 0 saturated heterocycles. The molecule has 4 nitrogen and oxygen atoms in total. The smallest absolute Gasteiger partial charge is 0.358 e. The maximum Gasteiger partial charge on any atom is 0.358 e. The van der Waals surface area contributed by atoms with Gasteiger partial charge in [-0.05, 0) is 40.2 Å². The van der Waals surface area contributed by atoms with Crippen LogP contribution in [0, 0.1) is 0 Å². The van der Waals surface area contributed by atoms with Crippen LogP contribution in [-0.4, -0.2) is 22.9 Å². The molecule has 0 aliphatic heterocycles. The Labute approximate surface area is 144 Å². The molecule has 0 N–H and O–H groups in total. The first-order valence-corrected chi connectivity index (χ1v) is 8.28. The molecule has 22 heavy (non-hydrogen) atoms. The van der Waals surface area contributed by atoms with E-state index < -0.39 is 5.97 Å². The Balaban J connectivity index is 2.21. The lowest BCUT2D eigenvalue weighted by molar-refractivity contribution is 0.0593. The maximum absolute atomic E-state index is 11.8. The van der Waals surface area contributed by atoms with Gasteiger partial charge in [0.15, 0.2) is 5.69 Å². The van der Waals surface area contributed by atoms with Gasteiger partial charge in [0.2, 0.25) is 0 Å². The van der Waals surface area contributed by atoms with Gasteiger partial charge >= 0.3 is 5.97 Å². The van der Waals surface area contributed by atoms with Crippen molar-refractivity contribution in [1.29, 1.82) is 0 Å². The lowest BCUT2D eigenvalue weighted by Crippen LogP contribution is -2.04. The van der Waals surface area contributed by atoms with Gasteiger partial charge in [-0.3, -0.25) is 0 Å². The first kappa shape index (κ1) is 15.3. The molecular weight excluding hydrogens is 388 g/mol. The lowest BCUT2D eigenvalue weighted by atomic mass is 10.3. The summed E-state index contributed by atoms with van der Waals surface area (Å²) in [7, 11) is 1.33. The second-order valence-electron chi connectivity index (χ2n) is 4.37. The highest BCUT2D eigenvalue weighted by atomic mass is 79.9. The second kappa shape index (κ2) is 6.24. The third-order valence-electron chi connectivity index (χ3n) is 3.01. The Hall–Kier alpha value is -1.63. The summed E-state index contributed by atoms with van der Waals surface area (Å²) < 4.78 is 7.41. The van der Waals surface area contributed by atoms with E-state index in [0.29, 0.717) is 10.7 Å². The highest BCUT2D eigenvalue weighted by Gasteiger charge is 2.19. The number of para-hydroxylation sites is 1. The Morgan fingerprint density at radius 3 is 2.73 bits per heavy atom. The van der Waals surface area contributed by atoms with Crippen molar-refractivity contribution in [3.63, 3.8) is 0 Å². The summed E-state index contributed by atoms with van der Waals surface area (Å²) >= 11 is 11.3. The van der Waals surface area contributed by atoms with E-state index in [2.05, 4.69) is 21.0 Å². The third-order valence-corrected chi connectivity index (χ3v) is 4.98. The molecule has 0 fully saturated rings. The van der Waals surface area contributed by atoms with E-state index in [1.165, 1.54) is 7.11 Å². The van der Waals surface area contributed by atoms with Gasteiger partial charge < -0.3 is 4.74 Å². The molecule has 0 spiro atoms. The molecule has 0 saturated carbocycles. The van der Waals surface area contributed by atoms with Crippen LogP contribution in [0.4, 0.5) is 0 Å². The number of carbonyl (C=O) groups excluding carboxylic acids is 1. The minimum absolute atomic E-state index is 0.238. The molecule has 112 valence electrons. The van der Waals surface area contributed by atoms with Crippen molar-refractivity contribution in [3.05, 3.63) is 57.0 Å². The normalized spacial score (nSPS) is 10.7. The number of nitrogens with zero attached hydrogens (tertiary/aromatic N) is 2. The van der Waals surface area contributed by atoms with Gasteiger partial charge in [0.05, 0.1) is 32.2 Å². The molecule has 0 bridgehead atoms. The van der Waals surface area contributed by atoms with Crippen molar-refractivity contribution in [2.75, 3.05) is 7.11 Å². The fourth-order valence-electron chi connectivity index (χ4n) is 2.02. The first-order chi connectivity index (χ1) is 10.6. The van der Waals surface area contributed by atoms with Crippen LogP contribution in [0.25, 0.3) is 16.3 Å². The Morgan fingerprint density at radius 1 is 1.32 bits per heavy atom. The number of ether oxygens (including phenoxy) is 1. The van der Waals surface area contributed by atoms with Crippen LogP contribution in [0.15, 0.2) is 46.3 Å². The number of hydrogen-bond donors (Lipinski definition) is 0. The van der Waals surface area contributed by atoms with Gasteiger partial charge in [0.1, 0.15) is 0 Å². The summed E-state index contributed by atoms with van der Waals surface area (Å²) in [6, 6.07) is 13.0. The minimum atomic E-state index is -0.484. The number of benzene rings is 1. The molecule has 0 aliphatic carbocycles. The summed E-state index contributed by atoms with van der Waals surface area (Å²) in [5.41, 5.74) is 1.73. The van der Waals surface area contributed by atoms with Crippen LogP contribution in [-0.2, 0) is 4.74 Å². The number of rotatable bonds is 3. The van der Waals surface area contributed by atoms with E-state index in [9.17, 15) is 4.79 Å². The van der Waals surface area contributed by atoms with Gasteiger partial charge in [-0.1, -0.05) is 23.7 Å². The number of aromatic nitrogens is 2. The van der Waals surface area contributed by atoms with Crippen molar-refractivity contribution < 1.29 is 9.53 Å². The van der Waals surface area contributed by atoms with E-state index >= 15 is 0 Å². The van der Waals surface area contributed by atoms with Crippen LogP contribution in [0.3, 0.4) is 0 Å². The summed E-state index contributed by atoms with van der Waals surface area (Å²) in [6.45, 7) is 0. The molecule has 0 unspecified atom stereocenters. The van der Waals surface area contributed by atoms with Crippen molar-refractivity contribution >= 4 is 44.8 Å². The van der Waals surface area contributed by atoms with Gasteiger partial charge in [0, 0.05) is 6.07 Å². The minimum Gasteiger partial charge on any atom is -0.464 e. The first-order valence-electron chi connectivity index (χ1n) is 6.29. The quantitative estimate of drug-likeness (QED) is 0.596. The number of carbonyl (C=O) groups is 1. The Kier molecular flexibility index (Phi) is 4.33. The van der Waals surface area contributed by atoms with Gasteiger partial charge in [-0.25, -0.2) is 9.48 Å². The van der Waals surface area contributed by atoms with Crippen molar-refractivity contribution in [2.45, 2.75) is 0 Å². The predicted octanol–water partition coefficient (Wildman–Crippen LogP) is 4.80. The number of methoxy groups -OCH3 is 1. The fourth-order valence-corrected chi connectivity index (χ4v) is 3.62. The van der Waals surface area contributed by atoms with E-state index in [1.807, 2.05) is 30.3 Å². The molecule has 3 rings (SSSR count). The highest BCUT2D eigenvalue weighted by Crippen LogP contribution is 2.34. The topological polar surface area (TPSA) is 44.1 Å². The molecule has 2 aromatic heterocycles. The maximum atomic E-state index is 11.8. The van der Waals surface area contributed by atoms with E-state index in [4.69, 9.17) is 16.3 Å². The van der Waals surface area contributed by atoms with Crippen molar-refractivity contribution in [2.24, 2.45) is 0 Å². The molecule has 0 atom stereocenters. The fraction of sp³-hybridized carbons (Fsp3) is 0.0667. The molecule has 7 heteroatoms. The van der Waals surface area contributed by atoms with E-state index in [1.54, 1.807) is 28.2 Å². The zero-order chi connectivity index (χ0) is 15.7. The Bertz CT molecular complexity index is 844. The summed E-state index contributed by atoms with van der Waals surface area (Å²) in [5, 5.41) is 4.90. The second-order valence-corrected chi connectivity index (χ2v) is 7.24. The average molecular weight is 398 g/mol. The molecule has 0 amide bonds. The zero-order valence-corrected chi connectivity index (χ0v) is 14.6. The lowest BCUT2D eigenvalue weighted by Gasteiger charge is -2.07. The van der Waals surface area contributed by atoms with Gasteiger partial charge in [-0.15, -0.1) is 11.3 Å². The number of esters is 1. The standard InChI is InChI=1S/C15H10BrClN2O2S/c1-21-15(20)10-8-12(13-6-7-14(16)22-13)19(18-10)11-5-3-2-4-9(11)17/h2-8H,1H3. The van der Waals surface area contributed by atoms with E-state index in [0.717, 1.165) is 14.4 Å². The van der Waals surface area contributed by atoms with Crippen LogP contribution < -0.4 is 0 Å². The molecule has 0 radical (unpaired) electrons.